The molecule has 112 valence electrons. The van der Waals surface area contributed by atoms with Gasteiger partial charge in [-0.3, -0.25) is 9.88 Å². The lowest BCUT2D eigenvalue weighted by Crippen LogP contribution is -2.43. The highest BCUT2D eigenvalue weighted by molar-refractivity contribution is 5.30. The van der Waals surface area contributed by atoms with Gasteiger partial charge in [0.25, 0.3) is 0 Å². The highest BCUT2D eigenvalue weighted by atomic mass is 16.3. The first kappa shape index (κ1) is 15.2. The van der Waals surface area contributed by atoms with Crippen LogP contribution in [0.15, 0.2) is 12.4 Å². The van der Waals surface area contributed by atoms with Gasteiger partial charge in [-0.2, -0.15) is 0 Å². The standard InChI is InChI=1S/C15H26N4O/c1-3-8-16-15-10-17-12(9-18-15)11-19(2)13-6-4-5-7-14(13)20/h9-10,13-14,20H,3-8,11H2,1-2H3,(H,16,18). The van der Waals surface area contributed by atoms with E-state index in [0.29, 0.717) is 0 Å². The molecule has 0 saturated heterocycles. The molecule has 0 radical (unpaired) electrons. The summed E-state index contributed by atoms with van der Waals surface area (Å²) in [5.74, 6) is 0.830. The molecule has 0 amide bonds. The minimum absolute atomic E-state index is 0.202. The summed E-state index contributed by atoms with van der Waals surface area (Å²) >= 11 is 0. The van der Waals surface area contributed by atoms with Crippen molar-refractivity contribution in [2.75, 3.05) is 18.9 Å². The Morgan fingerprint density at radius 1 is 1.30 bits per heavy atom. The fourth-order valence-corrected chi connectivity index (χ4v) is 2.76. The van der Waals surface area contributed by atoms with Gasteiger partial charge in [-0.1, -0.05) is 19.8 Å². The van der Waals surface area contributed by atoms with E-state index in [2.05, 4.69) is 34.2 Å². The van der Waals surface area contributed by atoms with Gasteiger partial charge in [0.2, 0.25) is 0 Å². The highest BCUT2D eigenvalue weighted by Crippen LogP contribution is 2.23. The molecule has 0 aromatic carbocycles. The zero-order valence-electron chi connectivity index (χ0n) is 12.5. The Labute approximate surface area is 121 Å². The van der Waals surface area contributed by atoms with Crippen molar-refractivity contribution >= 4 is 5.82 Å². The number of aliphatic hydroxyl groups is 1. The molecular formula is C15H26N4O. The molecule has 2 unspecified atom stereocenters. The summed E-state index contributed by atoms with van der Waals surface area (Å²) in [4.78, 5) is 11.0. The van der Waals surface area contributed by atoms with Gasteiger partial charge in [0.05, 0.1) is 24.2 Å². The second-order valence-corrected chi connectivity index (χ2v) is 5.65. The van der Waals surface area contributed by atoms with Crippen LogP contribution < -0.4 is 5.32 Å². The summed E-state index contributed by atoms with van der Waals surface area (Å²) < 4.78 is 0. The van der Waals surface area contributed by atoms with E-state index in [1.807, 2.05) is 6.20 Å². The first-order valence-electron chi connectivity index (χ1n) is 7.63. The minimum Gasteiger partial charge on any atom is -0.391 e. The number of anilines is 1. The quantitative estimate of drug-likeness (QED) is 0.834. The van der Waals surface area contributed by atoms with Crippen molar-refractivity contribution in [2.45, 2.75) is 57.7 Å². The molecule has 1 fully saturated rings. The third-order valence-electron chi connectivity index (χ3n) is 3.93. The molecule has 1 saturated carbocycles. The van der Waals surface area contributed by atoms with Crippen LogP contribution in [0.5, 0.6) is 0 Å². The molecule has 1 aromatic heterocycles. The van der Waals surface area contributed by atoms with Crippen LogP contribution >= 0.6 is 0 Å². The summed E-state index contributed by atoms with van der Waals surface area (Å²) in [5, 5.41) is 13.3. The Bertz CT molecular complexity index is 395. The zero-order valence-corrected chi connectivity index (χ0v) is 12.5. The Balaban J connectivity index is 1.88. The van der Waals surface area contributed by atoms with Crippen LogP contribution in [0.4, 0.5) is 5.82 Å². The van der Waals surface area contributed by atoms with E-state index in [1.54, 1.807) is 6.20 Å². The number of hydrogen-bond donors (Lipinski definition) is 2. The van der Waals surface area contributed by atoms with Crippen molar-refractivity contribution in [3.05, 3.63) is 18.1 Å². The second-order valence-electron chi connectivity index (χ2n) is 5.65. The maximum atomic E-state index is 10.1. The predicted molar refractivity (Wildman–Crippen MR) is 80.5 cm³/mol. The van der Waals surface area contributed by atoms with Crippen molar-refractivity contribution in [3.8, 4) is 0 Å². The first-order valence-corrected chi connectivity index (χ1v) is 7.63. The van der Waals surface area contributed by atoms with E-state index in [-0.39, 0.29) is 12.1 Å². The number of nitrogens with zero attached hydrogens (tertiary/aromatic N) is 3. The lowest BCUT2D eigenvalue weighted by Gasteiger charge is -2.34. The first-order chi connectivity index (χ1) is 9.70. The van der Waals surface area contributed by atoms with Crippen molar-refractivity contribution in [1.82, 2.24) is 14.9 Å². The Kier molecular flexibility index (Phi) is 5.73. The van der Waals surface area contributed by atoms with E-state index < -0.39 is 0 Å². The fourth-order valence-electron chi connectivity index (χ4n) is 2.76. The maximum absolute atomic E-state index is 10.1. The van der Waals surface area contributed by atoms with Crippen LogP contribution in [0.2, 0.25) is 0 Å². The summed E-state index contributed by atoms with van der Waals surface area (Å²) in [6, 6.07) is 0.253. The molecular weight excluding hydrogens is 252 g/mol. The van der Waals surface area contributed by atoms with Crippen molar-refractivity contribution < 1.29 is 5.11 Å². The van der Waals surface area contributed by atoms with Gasteiger partial charge in [-0.05, 0) is 26.3 Å². The molecule has 2 rings (SSSR count). The Morgan fingerprint density at radius 3 is 2.75 bits per heavy atom. The number of likely N-dealkylation sites (N-methyl/N-ethyl adjacent to an activating group) is 1. The van der Waals surface area contributed by atoms with Gasteiger partial charge < -0.3 is 10.4 Å². The number of aromatic nitrogens is 2. The third kappa shape index (κ3) is 4.15. The Morgan fingerprint density at radius 2 is 2.10 bits per heavy atom. The summed E-state index contributed by atoms with van der Waals surface area (Å²) in [6.07, 6.45) is 8.82. The van der Waals surface area contributed by atoms with E-state index in [1.165, 1.54) is 6.42 Å². The van der Waals surface area contributed by atoms with Gasteiger partial charge in [-0.25, -0.2) is 4.98 Å². The summed E-state index contributed by atoms with van der Waals surface area (Å²) in [6.45, 7) is 3.78. The molecule has 0 bridgehead atoms. The average molecular weight is 278 g/mol. The van der Waals surface area contributed by atoms with Crippen molar-refractivity contribution in [3.63, 3.8) is 0 Å². The maximum Gasteiger partial charge on any atom is 0.144 e. The van der Waals surface area contributed by atoms with Gasteiger partial charge in [0.1, 0.15) is 5.82 Å². The van der Waals surface area contributed by atoms with Gasteiger partial charge in [0.15, 0.2) is 0 Å². The molecule has 0 spiro atoms. The van der Waals surface area contributed by atoms with E-state index >= 15 is 0 Å². The molecule has 0 aliphatic heterocycles. The zero-order chi connectivity index (χ0) is 14.4. The monoisotopic (exact) mass is 278 g/mol. The van der Waals surface area contributed by atoms with Crippen LogP contribution in [-0.2, 0) is 6.54 Å². The molecule has 5 heteroatoms. The van der Waals surface area contributed by atoms with Gasteiger partial charge in [0, 0.05) is 19.1 Å². The van der Waals surface area contributed by atoms with Crippen LogP contribution in [0.1, 0.15) is 44.7 Å². The van der Waals surface area contributed by atoms with E-state index in [0.717, 1.165) is 50.3 Å². The van der Waals surface area contributed by atoms with E-state index in [9.17, 15) is 5.11 Å². The van der Waals surface area contributed by atoms with Crippen LogP contribution in [0.25, 0.3) is 0 Å². The topological polar surface area (TPSA) is 61.3 Å². The van der Waals surface area contributed by atoms with Crippen LogP contribution in [0.3, 0.4) is 0 Å². The Hall–Kier alpha value is -1.20. The molecule has 1 aromatic rings. The number of aliphatic hydroxyl groups excluding tert-OH is 1. The van der Waals surface area contributed by atoms with Crippen molar-refractivity contribution in [2.24, 2.45) is 0 Å². The van der Waals surface area contributed by atoms with Crippen molar-refractivity contribution in [1.29, 1.82) is 0 Å². The van der Waals surface area contributed by atoms with Gasteiger partial charge in [-0.15, -0.1) is 0 Å². The third-order valence-corrected chi connectivity index (χ3v) is 3.93. The number of hydrogen-bond acceptors (Lipinski definition) is 5. The minimum atomic E-state index is -0.202. The summed E-state index contributed by atoms with van der Waals surface area (Å²) in [7, 11) is 2.06. The van der Waals surface area contributed by atoms with Crippen LogP contribution in [-0.4, -0.2) is 45.7 Å². The average Bonchev–Trinajstić information content (AvgIpc) is 2.47. The molecule has 1 aliphatic rings. The SMILES string of the molecule is CCCNc1cnc(CN(C)C2CCCCC2O)cn1. The molecule has 2 atom stereocenters. The van der Waals surface area contributed by atoms with Gasteiger partial charge >= 0.3 is 0 Å². The molecule has 1 heterocycles. The van der Waals surface area contributed by atoms with Crippen LogP contribution in [0, 0.1) is 0 Å². The smallest absolute Gasteiger partial charge is 0.144 e. The number of rotatable bonds is 6. The summed E-state index contributed by atoms with van der Waals surface area (Å²) in [5.41, 5.74) is 0.951. The predicted octanol–water partition coefficient (Wildman–Crippen LogP) is 2.03. The molecule has 2 N–H and O–H groups in total. The lowest BCUT2D eigenvalue weighted by atomic mass is 9.91. The van der Waals surface area contributed by atoms with E-state index in [4.69, 9.17) is 0 Å². The molecule has 20 heavy (non-hydrogen) atoms. The lowest BCUT2D eigenvalue weighted by molar-refractivity contribution is 0.0283. The largest absolute Gasteiger partial charge is 0.391 e. The highest BCUT2D eigenvalue weighted by Gasteiger charge is 2.26. The molecule has 1 aliphatic carbocycles. The molecule has 5 nitrogen and oxygen atoms in total. The fraction of sp³-hybridized carbons (Fsp3) is 0.733. The second kappa shape index (κ2) is 7.55. The number of nitrogens with one attached hydrogen (secondary N) is 1. The normalized spacial score (nSPS) is 23.0.